The second kappa shape index (κ2) is 6.12. The van der Waals surface area contributed by atoms with Crippen LogP contribution in [0, 0.1) is 16.7 Å². The number of hydrogen-bond acceptors (Lipinski definition) is 3. The van der Waals surface area contributed by atoms with Crippen molar-refractivity contribution in [2.24, 2.45) is 16.7 Å². The summed E-state index contributed by atoms with van der Waals surface area (Å²) in [7, 11) is 0. The van der Waals surface area contributed by atoms with Gasteiger partial charge in [-0.3, -0.25) is 14.4 Å². The minimum atomic E-state index is -0.507. The molecule has 0 spiro atoms. The Morgan fingerprint density at radius 3 is 1.89 bits per heavy atom. The summed E-state index contributed by atoms with van der Waals surface area (Å²) in [6.45, 7) is 11.2. The van der Waals surface area contributed by atoms with Gasteiger partial charge in [-0.2, -0.15) is 0 Å². The highest BCUT2D eigenvalue weighted by molar-refractivity contribution is 5.92. The number of rotatable bonds is 6. The zero-order valence-electron chi connectivity index (χ0n) is 12.3. The molecule has 0 aliphatic rings. The molecule has 0 heterocycles. The number of ketones is 2. The molecule has 0 bridgehead atoms. The van der Waals surface area contributed by atoms with E-state index in [1.807, 2.05) is 41.5 Å². The van der Waals surface area contributed by atoms with Gasteiger partial charge in [0.1, 0.15) is 11.6 Å². The summed E-state index contributed by atoms with van der Waals surface area (Å²) in [6, 6.07) is 0. The van der Waals surface area contributed by atoms with Crippen LogP contribution in [0.1, 0.15) is 48.0 Å². The number of Topliss-reactive ketones (excluding diaryl/α,β-unsaturated/α-hetero) is 2. The first-order valence-corrected chi connectivity index (χ1v) is 6.24. The van der Waals surface area contributed by atoms with Gasteiger partial charge in [0.25, 0.3) is 0 Å². The highest BCUT2D eigenvalue weighted by Gasteiger charge is 2.33. The summed E-state index contributed by atoms with van der Waals surface area (Å²) in [6.07, 6.45) is 0.741. The summed E-state index contributed by atoms with van der Waals surface area (Å²) >= 11 is 0. The maximum absolute atomic E-state index is 12.2. The number of amides is 1. The summed E-state index contributed by atoms with van der Waals surface area (Å²) in [5, 5.41) is 2.50. The molecule has 0 saturated carbocycles. The van der Waals surface area contributed by atoms with E-state index in [0.29, 0.717) is 6.41 Å². The predicted octanol–water partition coefficient (Wildman–Crippen LogP) is 1.97. The molecule has 4 nitrogen and oxygen atoms in total. The Morgan fingerprint density at radius 1 is 1.06 bits per heavy atom. The molecular formula is C14H25NO3. The molecule has 0 aliphatic carbocycles. The van der Waals surface area contributed by atoms with Gasteiger partial charge in [0.15, 0.2) is 0 Å². The maximum atomic E-state index is 12.2. The van der Waals surface area contributed by atoms with E-state index in [0.717, 1.165) is 0 Å². The Morgan fingerprint density at radius 2 is 1.56 bits per heavy atom. The van der Waals surface area contributed by atoms with Crippen molar-refractivity contribution in [3.63, 3.8) is 0 Å². The van der Waals surface area contributed by atoms with E-state index >= 15 is 0 Å². The van der Waals surface area contributed by atoms with Crippen molar-refractivity contribution in [1.82, 2.24) is 5.32 Å². The molecule has 0 aromatic rings. The van der Waals surface area contributed by atoms with Crippen molar-refractivity contribution in [2.45, 2.75) is 48.0 Å². The molecule has 0 rings (SSSR count). The minimum Gasteiger partial charge on any atom is -0.358 e. The lowest BCUT2D eigenvalue weighted by Gasteiger charge is -2.26. The number of nitrogens with one attached hydrogen (secondary N) is 1. The highest BCUT2D eigenvalue weighted by Crippen LogP contribution is 2.26. The molecule has 1 amide bonds. The minimum absolute atomic E-state index is 0.00875. The maximum Gasteiger partial charge on any atom is 0.207 e. The summed E-state index contributed by atoms with van der Waals surface area (Å²) in [5.41, 5.74) is -0.967. The normalized spacial score (nSPS) is 13.9. The molecule has 1 N–H and O–H groups in total. The largest absolute Gasteiger partial charge is 0.358 e. The molecule has 18 heavy (non-hydrogen) atoms. The van der Waals surface area contributed by atoms with Crippen LogP contribution in [0.15, 0.2) is 0 Å². The smallest absolute Gasteiger partial charge is 0.207 e. The van der Waals surface area contributed by atoms with E-state index in [2.05, 4.69) is 5.32 Å². The van der Waals surface area contributed by atoms with Gasteiger partial charge in [-0.05, 0) is 0 Å². The standard InChI is InChI=1S/C14H25NO3/c1-13(2,3)11(17)7-10(8-15-9-16)12(18)14(4,5)6/h9-10H,7-8H2,1-6H3,(H,15,16)/t10-/m0/s1. The van der Waals surface area contributed by atoms with Gasteiger partial charge in [-0.25, -0.2) is 0 Å². The van der Waals surface area contributed by atoms with Crippen LogP contribution in [-0.2, 0) is 14.4 Å². The molecule has 0 aromatic heterocycles. The van der Waals surface area contributed by atoms with Gasteiger partial charge in [-0.15, -0.1) is 0 Å². The lowest BCUT2D eigenvalue weighted by molar-refractivity contribution is -0.135. The van der Waals surface area contributed by atoms with Gasteiger partial charge in [0, 0.05) is 29.7 Å². The van der Waals surface area contributed by atoms with Crippen molar-refractivity contribution >= 4 is 18.0 Å². The number of carbonyl (C=O) groups excluding carboxylic acids is 3. The predicted molar refractivity (Wildman–Crippen MR) is 71.1 cm³/mol. The van der Waals surface area contributed by atoms with Gasteiger partial charge in [0.2, 0.25) is 6.41 Å². The average Bonchev–Trinajstić information content (AvgIpc) is 2.20. The van der Waals surface area contributed by atoms with Crippen LogP contribution in [0.5, 0.6) is 0 Å². The van der Waals surface area contributed by atoms with Gasteiger partial charge >= 0.3 is 0 Å². The zero-order chi connectivity index (χ0) is 14.6. The fourth-order valence-corrected chi connectivity index (χ4v) is 1.59. The molecule has 0 unspecified atom stereocenters. The second-order valence-electron chi connectivity index (χ2n) is 6.71. The molecule has 0 aromatic carbocycles. The van der Waals surface area contributed by atoms with E-state index in [4.69, 9.17) is 0 Å². The molecule has 104 valence electrons. The van der Waals surface area contributed by atoms with Crippen LogP contribution in [-0.4, -0.2) is 24.5 Å². The van der Waals surface area contributed by atoms with Crippen molar-refractivity contribution in [1.29, 1.82) is 0 Å². The molecule has 0 aliphatic heterocycles. The Labute approximate surface area is 110 Å². The fraction of sp³-hybridized carbons (Fsp3) is 0.786. The number of carbonyl (C=O) groups is 3. The Bertz CT molecular complexity index is 321. The molecule has 1 atom stereocenters. The van der Waals surface area contributed by atoms with E-state index in [9.17, 15) is 14.4 Å². The zero-order valence-corrected chi connectivity index (χ0v) is 12.3. The third-order valence-corrected chi connectivity index (χ3v) is 2.83. The quantitative estimate of drug-likeness (QED) is 0.738. The van der Waals surface area contributed by atoms with E-state index < -0.39 is 16.7 Å². The van der Waals surface area contributed by atoms with Crippen LogP contribution in [0.4, 0.5) is 0 Å². The first-order valence-electron chi connectivity index (χ1n) is 6.24. The molecule has 4 heteroatoms. The van der Waals surface area contributed by atoms with Crippen LogP contribution in [0.2, 0.25) is 0 Å². The molecule has 0 saturated heterocycles. The number of hydrogen-bond donors (Lipinski definition) is 1. The van der Waals surface area contributed by atoms with Crippen molar-refractivity contribution in [2.75, 3.05) is 6.54 Å². The topological polar surface area (TPSA) is 63.2 Å². The van der Waals surface area contributed by atoms with Crippen LogP contribution >= 0.6 is 0 Å². The van der Waals surface area contributed by atoms with Crippen LogP contribution in [0.3, 0.4) is 0 Å². The lowest BCUT2D eigenvalue weighted by Crippen LogP contribution is -2.38. The molecular weight excluding hydrogens is 230 g/mol. The fourth-order valence-electron chi connectivity index (χ4n) is 1.59. The average molecular weight is 255 g/mol. The summed E-state index contributed by atoms with van der Waals surface area (Å²) in [4.78, 5) is 34.6. The van der Waals surface area contributed by atoms with Crippen molar-refractivity contribution < 1.29 is 14.4 Å². The monoisotopic (exact) mass is 255 g/mol. The lowest BCUT2D eigenvalue weighted by atomic mass is 9.77. The third kappa shape index (κ3) is 5.43. The Kier molecular flexibility index (Phi) is 5.71. The van der Waals surface area contributed by atoms with Gasteiger partial charge in [-0.1, -0.05) is 41.5 Å². The Hall–Kier alpha value is -1.19. The summed E-state index contributed by atoms with van der Waals surface area (Å²) < 4.78 is 0. The van der Waals surface area contributed by atoms with Crippen molar-refractivity contribution in [3.05, 3.63) is 0 Å². The molecule has 0 radical (unpaired) electrons. The van der Waals surface area contributed by atoms with Crippen molar-refractivity contribution in [3.8, 4) is 0 Å². The third-order valence-electron chi connectivity index (χ3n) is 2.83. The van der Waals surface area contributed by atoms with Crippen LogP contribution < -0.4 is 5.32 Å². The van der Waals surface area contributed by atoms with Gasteiger partial charge < -0.3 is 5.32 Å². The molecule has 0 fully saturated rings. The van der Waals surface area contributed by atoms with E-state index in [-0.39, 0.29) is 24.5 Å². The SMILES string of the molecule is CC(C)(C)C(=O)C[C@@H](CNC=O)C(=O)C(C)(C)C. The van der Waals surface area contributed by atoms with Crippen LogP contribution in [0.25, 0.3) is 0 Å². The van der Waals surface area contributed by atoms with E-state index in [1.54, 1.807) is 0 Å². The Balaban J connectivity index is 4.86. The first-order chi connectivity index (χ1) is 8.00. The summed E-state index contributed by atoms with van der Waals surface area (Å²) in [5.74, 6) is -0.394. The first kappa shape index (κ1) is 16.8. The second-order valence-corrected chi connectivity index (χ2v) is 6.71. The van der Waals surface area contributed by atoms with E-state index in [1.165, 1.54) is 0 Å². The van der Waals surface area contributed by atoms with Gasteiger partial charge in [0.05, 0.1) is 0 Å². The highest BCUT2D eigenvalue weighted by atomic mass is 16.1.